The fourth-order valence-corrected chi connectivity index (χ4v) is 2.06. The van der Waals surface area contributed by atoms with Crippen molar-refractivity contribution < 1.29 is 22.7 Å². The average Bonchev–Trinajstić information content (AvgIpc) is 2.31. The van der Waals surface area contributed by atoms with Crippen molar-refractivity contribution in [3.05, 3.63) is 69.2 Å². The highest BCUT2D eigenvalue weighted by molar-refractivity contribution is 9.10. The quantitative estimate of drug-likeness (QED) is 0.820. The van der Waals surface area contributed by atoms with Crippen LogP contribution in [0.5, 0.6) is 0 Å². The van der Waals surface area contributed by atoms with E-state index in [-0.39, 0.29) is 10.0 Å². The maximum atomic E-state index is 13.5. The molecule has 1 atom stereocenters. The molecule has 0 saturated heterocycles. The Morgan fingerprint density at radius 1 is 0.895 bits per heavy atom. The minimum absolute atomic E-state index is 0.0481. The molecule has 0 aliphatic rings. The van der Waals surface area contributed by atoms with Crippen molar-refractivity contribution in [3.8, 4) is 0 Å². The number of halogens is 5. The number of benzene rings is 2. The van der Waals surface area contributed by atoms with Crippen molar-refractivity contribution in [1.29, 1.82) is 0 Å². The summed E-state index contributed by atoms with van der Waals surface area (Å²) in [6, 6.07) is 4.37. The molecule has 100 valence electrons. The molecule has 19 heavy (non-hydrogen) atoms. The van der Waals surface area contributed by atoms with Gasteiger partial charge in [0.25, 0.3) is 0 Å². The van der Waals surface area contributed by atoms with Gasteiger partial charge in [-0.15, -0.1) is 0 Å². The van der Waals surface area contributed by atoms with E-state index in [2.05, 4.69) is 15.9 Å². The van der Waals surface area contributed by atoms with E-state index in [9.17, 15) is 22.7 Å². The van der Waals surface area contributed by atoms with Crippen LogP contribution in [0, 0.1) is 23.3 Å². The Balaban J connectivity index is 2.49. The van der Waals surface area contributed by atoms with Crippen molar-refractivity contribution in [2.24, 2.45) is 0 Å². The van der Waals surface area contributed by atoms with Gasteiger partial charge in [-0.1, -0.05) is 6.07 Å². The van der Waals surface area contributed by atoms with E-state index >= 15 is 0 Å². The van der Waals surface area contributed by atoms with Crippen molar-refractivity contribution in [1.82, 2.24) is 0 Å². The van der Waals surface area contributed by atoms with E-state index in [1.54, 1.807) is 0 Å². The Morgan fingerprint density at radius 2 is 1.47 bits per heavy atom. The van der Waals surface area contributed by atoms with Gasteiger partial charge in [-0.3, -0.25) is 0 Å². The third-order valence-electron chi connectivity index (χ3n) is 2.58. The standard InChI is InChI=1S/C13H7BrF4O/c14-8-3-6(1-2-9(8)16)13(19)12-10(17)4-7(15)5-11(12)18/h1-5,13,19H. The zero-order chi connectivity index (χ0) is 14.2. The topological polar surface area (TPSA) is 20.2 Å². The van der Waals surface area contributed by atoms with Crippen LogP contribution in [0.3, 0.4) is 0 Å². The fraction of sp³-hybridized carbons (Fsp3) is 0.0769. The molecule has 6 heteroatoms. The molecule has 1 nitrogen and oxygen atoms in total. The smallest absolute Gasteiger partial charge is 0.137 e. The molecule has 0 fully saturated rings. The molecular weight excluding hydrogens is 328 g/mol. The molecule has 1 N–H and O–H groups in total. The van der Waals surface area contributed by atoms with Gasteiger partial charge in [0.1, 0.15) is 29.4 Å². The molecule has 0 aliphatic carbocycles. The average molecular weight is 335 g/mol. The summed E-state index contributed by atoms with van der Waals surface area (Å²) in [5.74, 6) is -4.06. The third-order valence-corrected chi connectivity index (χ3v) is 3.18. The highest BCUT2D eigenvalue weighted by atomic mass is 79.9. The Morgan fingerprint density at radius 3 is 2.00 bits per heavy atom. The highest BCUT2D eigenvalue weighted by Gasteiger charge is 2.21. The number of hydrogen-bond donors (Lipinski definition) is 1. The number of rotatable bonds is 2. The molecule has 2 aromatic rings. The van der Waals surface area contributed by atoms with Gasteiger partial charge in [-0.05, 0) is 33.6 Å². The second kappa shape index (κ2) is 5.30. The number of aliphatic hydroxyl groups excluding tert-OH is 1. The fourth-order valence-electron chi connectivity index (χ4n) is 1.66. The predicted octanol–water partition coefficient (Wildman–Crippen LogP) is 4.09. The monoisotopic (exact) mass is 334 g/mol. The minimum atomic E-state index is -1.66. The van der Waals surface area contributed by atoms with Gasteiger partial charge < -0.3 is 5.11 Å². The molecular formula is C13H7BrF4O. The van der Waals surface area contributed by atoms with Crippen LogP contribution in [-0.4, -0.2) is 5.11 Å². The van der Waals surface area contributed by atoms with Crippen LogP contribution in [-0.2, 0) is 0 Å². The molecule has 0 radical (unpaired) electrons. The maximum Gasteiger partial charge on any atom is 0.137 e. The minimum Gasteiger partial charge on any atom is -0.383 e. The SMILES string of the molecule is OC(c1ccc(F)c(Br)c1)c1c(F)cc(F)cc1F. The lowest BCUT2D eigenvalue weighted by molar-refractivity contribution is 0.208. The predicted molar refractivity (Wildman–Crippen MR) is 64.5 cm³/mol. The Hall–Kier alpha value is -1.40. The van der Waals surface area contributed by atoms with Crippen LogP contribution in [0.1, 0.15) is 17.2 Å². The molecule has 2 rings (SSSR count). The van der Waals surface area contributed by atoms with E-state index < -0.39 is 34.9 Å². The molecule has 0 aromatic heterocycles. The lowest BCUT2D eigenvalue weighted by Crippen LogP contribution is -2.07. The van der Waals surface area contributed by atoms with Crippen molar-refractivity contribution >= 4 is 15.9 Å². The summed E-state index contributed by atoms with van der Waals surface area (Å²) in [5.41, 5.74) is -0.599. The van der Waals surface area contributed by atoms with Crippen LogP contribution in [0.2, 0.25) is 0 Å². The molecule has 0 amide bonds. The van der Waals surface area contributed by atoms with Crippen LogP contribution in [0.15, 0.2) is 34.8 Å². The lowest BCUT2D eigenvalue weighted by Gasteiger charge is -2.14. The van der Waals surface area contributed by atoms with Crippen LogP contribution in [0.25, 0.3) is 0 Å². The van der Waals surface area contributed by atoms with E-state index in [0.29, 0.717) is 12.1 Å². The van der Waals surface area contributed by atoms with E-state index in [0.717, 1.165) is 6.07 Å². The lowest BCUT2D eigenvalue weighted by atomic mass is 10.0. The molecule has 1 unspecified atom stereocenters. The second-order valence-corrected chi connectivity index (χ2v) is 4.71. The first-order valence-corrected chi connectivity index (χ1v) is 5.97. The summed E-state index contributed by atoms with van der Waals surface area (Å²) in [5, 5.41) is 9.91. The first-order valence-electron chi connectivity index (χ1n) is 5.17. The van der Waals surface area contributed by atoms with E-state index in [1.807, 2.05) is 0 Å². The van der Waals surface area contributed by atoms with Gasteiger partial charge in [0.2, 0.25) is 0 Å². The second-order valence-electron chi connectivity index (χ2n) is 3.86. The van der Waals surface area contributed by atoms with E-state index in [4.69, 9.17) is 0 Å². The normalized spacial score (nSPS) is 12.5. The Labute approximate surface area is 114 Å². The molecule has 0 aliphatic heterocycles. The van der Waals surface area contributed by atoms with Crippen molar-refractivity contribution in [3.63, 3.8) is 0 Å². The number of aliphatic hydroxyl groups is 1. The van der Waals surface area contributed by atoms with Crippen LogP contribution >= 0.6 is 15.9 Å². The van der Waals surface area contributed by atoms with Gasteiger partial charge in [0.15, 0.2) is 0 Å². The maximum absolute atomic E-state index is 13.5. The van der Waals surface area contributed by atoms with Gasteiger partial charge in [0, 0.05) is 12.1 Å². The molecule has 0 heterocycles. The molecule has 0 bridgehead atoms. The van der Waals surface area contributed by atoms with Crippen LogP contribution < -0.4 is 0 Å². The first kappa shape index (κ1) is 14.0. The summed E-state index contributed by atoms with van der Waals surface area (Å²) < 4.78 is 52.9. The summed E-state index contributed by atoms with van der Waals surface area (Å²) in [7, 11) is 0. The Bertz CT molecular complexity index is 607. The van der Waals surface area contributed by atoms with Gasteiger partial charge in [-0.25, -0.2) is 17.6 Å². The largest absolute Gasteiger partial charge is 0.383 e. The zero-order valence-corrected chi connectivity index (χ0v) is 10.9. The van der Waals surface area contributed by atoms with Gasteiger partial charge >= 0.3 is 0 Å². The summed E-state index contributed by atoms with van der Waals surface area (Å²) >= 11 is 2.90. The molecule has 2 aromatic carbocycles. The van der Waals surface area contributed by atoms with Crippen LogP contribution in [0.4, 0.5) is 17.6 Å². The van der Waals surface area contributed by atoms with Crippen molar-refractivity contribution in [2.45, 2.75) is 6.10 Å². The highest BCUT2D eigenvalue weighted by Crippen LogP contribution is 2.29. The van der Waals surface area contributed by atoms with E-state index in [1.165, 1.54) is 12.1 Å². The van der Waals surface area contributed by atoms with Gasteiger partial charge in [-0.2, -0.15) is 0 Å². The number of hydrogen-bond acceptors (Lipinski definition) is 1. The third kappa shape index (κ3) is 2.79. The summed E-state index contributed by atoms with van der Waals surface area (Å²) in [6.07, 6.45) is -1.66. The summed E-state index contributed by atoms with van der Waals surface area (Å²) in [4.78, 5) is 0. The van der Waals surface area contributed by atoms with Crippen molar-refractivity contribution in [2.75, 3.05) is 0 Å². The summed E-state index contributed by atoms with van der Waals surface area (Å²) in [6.45, 7) is 0. The first-order chi connectivity index (χ1) is 8.90. The molecule has 0 saturated carbocycles. The van der Waals surface area contributed by atoms with Gasteiger partial charge in [0.05, 0.1) is 10.0 Å². The zero-order valence-electron chi connectivity index (χ0n) is 9.30. The Kier molecular flexibility index (Phi) is 3.91. The molecule has 0 spiro atoms.